The van der Waals surface area contributed by atoms with Gasteiger partial charge >= 0.3 is 0 Å². The third kappa shape index (κ3) is 4.82. The molecule has 2 nitrogen and oxygen atoms in total. The van der Waals surface area contributed by atoms with Gasteiger partial charge in [0.1, 0.15) is 5.82 Å². The van der Waals surface area contributed by atoms with E-state index in [1.807, 2.05) is 0 Å². The van der Waals surface area contributed by atoms with Gasteiger partial charge in [0, 0.05) is 12.1 Å². The van der Waals surface area contributed by atoms with E-state index in [0.29, 0.717) is 12.0 Å². The molecule has 0 radical (unpaired) electrons. The lowest BCUT2D eigenvalue weighted by molar-refractivity contribution is 0.383. The van der Waals surface area contributed by atoms with Crippen molar-refractivity contribution in [1.82, 2.24) is 10.3 Å². The summed E-state index contributed by atoms with van der Waals surface area (Å²) in [7, 11) is 0. The summed E-state index contributed by atoms with van der Waals surface area (Å²) < 4.78 is 12.8. The van der Waals surface area contributed by atoms with E-state index in [2.05, 4.69) is 38.0 Å². The van der Waals surface area contributed by atoms with Gasteiger partial charge < -0.3 is 5.32 Å². The van der Waals surface area contributed by atoms with Crippen LogP contribution in [0, 0.1) is 11.7 Å². The lowest BCUT2D eigenvalue weighted by Gasteiger charge is -2.23. The summed E-state index contributed by atoms with van der Waals surface area (Å²) in [5, 5.41) is 3.55. The Hall–Kier alpha value is -0.960. The van der Waals surface area contributed by atoms with Crippen molar-refractivity contribution in [3.05, 3.63) is 29.8 Å². The molecule has 0 amide bonds. The quantitative estimate of drug-likeness (QED) is 0.817. The molecule has 96 valence electrons. The molecule has 1 aromatic rings. The maximum Gasteiger partial charge on any atom is 0.141 e. The van der Waals surface area contributed by atoms with Crippen molar-refractivity contribution < 1.29 is 4.39 Å². The molecular weight excluding hydrogens is 215 g/mol. The van der Waals surface area contributed by atoms with E-state index in [9.17, 15) is 4.39 Å². The molecule has 2 atom stereocenters. The second-order valence-corrected chi connectivity index (χ2v) is 5.06. The maximum atomic E-state index is 12.8. The van der Waals surface area contributed by atoms with E-state index in [-0.39, 0.29) is 11.9 Å². The van der Waals surface area contributed by atoms with Gasteiger partial charge in [0.2, 0.25) is 0 Å². The van der Waals surface area contributed by atoms with Crippen LogP contribution in [0.25, 0.3) is 0 Å². The molecule has 0 fully saturated rings. The Morgan fingerprint density at radius 2 is 2.00 bits per heavy atom. The van der Waals surface area contributed by atoms with Crippen molar-refractivity contribution in [2.75, 3.05) is 0 Å². The Labute approximate surface area is 104 Å². The topological polar surface area (TPSA) is 24.9 Å². The summed E-state index contributed by atoms with van der Waals surface area (Å²) >= 11 is 0. The van der Waals surface area contributed by atoms with Gasteiger partial charge in [0.15, 0.2) is 0 Å². The average molecular weight is 238 g/mol. The molecule has 1 rings (SSSR count). The predicted octanol–water partition coefficient (Wildman–Crippen LogP) is 3.70. The lowest BCUT2D eigenvalue weighted by Crippen LogP contribution is -2.31. The number of hydrogen-bond acceptors (Lipinski definition) is 2. The largest absolute Gasteiger partial charge is 0.306 e. The van der Waals surface area contributed by atoms with Crippen LogP contribution >= 0.6 is 0 Å². The Morgan fingerprint density at radius 3 is 2.47 bits per heavy atom. The fraction of sp³-hybridized carbons (Fsp3) is 0.643. The first-order valence-corrected chi connectivity index (χ1v) is 6.40. The monoisotopic (exact) mass is 238 g/mol. The SMILES string of the molecule is CCC(NC(C)CC(C)C)c1ccc(F)cn1. The van der Waals surface area contributed by atoms with Crippen LogP contribution in [-0.4, -0.2) is 11.0 Å². The molecule has 0 saturated heterocycles. The Bertz CT molecular complexity index is 321. The Kier molecular flexibility index (Phi) is 5.56. The van der Waals surface area contributed by atoms with Crippen LogP contribution in [0.2, 0.25) is 0 Å². The van der Waals surface area contributed by atoms with Gasteiger partial charge in [-0.15, -0.1) is 0 Å². The van der Waals surface area contributed by atoms with Crippen molar-refractivity contribution in [3.8, 4) is 0 Å². The van der Waals surface area contributed by atoms with Gasteiger partial charge in [0.05, 0.1) is 11.9 Å². The summed E-state index contributed by atoms with van der Waals surface area (Å²) in [5.74, 6) is 0.398. The van der Waals surface area contributed by atoms with Gasteiger partial charge in [-0.2, -0.15) is 0 Å². The number of rotatable bonds is 6. The first kappa shape index (κ1) is 14.1. The number of nitrogens with zero attached hydrogens (tertiary/aromatic N) is 1. The molecule has 0 aliphatic rings. The zero-order valence-corrected chi connectivity index (χ0v) is 11.2. The fourth-order valence-electron chi connectivity index (χ4n) is 2.12. The molecule has 0 aliphatic heterocycles. The first-order valence-electron chi connectivity index (χ1n) is 6.40. The molecule has 0 bridgehead atoms. The summed E-state index contributed by atoms with van der Waals surface area (Å²) in [5.41, 5.74) is 0.921. The third-order valence-corrected chi connectivity index (χ3v) is 2.83. The molecule has 3 heteroatoms. The van der Waals surface area contributed by atoms with Gasteiger partial charge in [-0.25, -0.2) is 4.39 Å². The minimum absolute atomic E-state index is 0.212. The van der Waals surface area contributed by atoms with Gasteiger partial charge in [-0.1, -0.05) is 20.8 Å². The van der Waals surface area contributed by atoms with Crippen LogP contribution in [0.4, 0.5) is 4.39 Å². The third-order valence-electron chi connectivity index (χ3n) is 2.83. The normalized spacial score (nSPS) is 14.9. The summed E-state index contributed by atoms with van der Waals surface area (Å²) in [6.07, 6.45) is 3.38. The van der Waals surface area contributed by atoms with Crippen LogP contribution in [-0.2, 0) is 0 Å². The Balaban J connectivity index is 2.62. The molecule has 1 heterocycles. The number of halogens is 1. The van der Waals surface area contributed by atoms with Crippen LogP contribution in [0.1, 0.15) is 52.3 Å². The molecule has 0 aliphatic carbocycles. The van der Waals surface area contributed by atoms with Crippen molar-refractivity contribution in [1.29, 1.82) is 0 Å². The summed E-state index contributed by atoms with van der Waals surface area (Å²) in [6, 6.07) is 3.90. The molecule has 0 saturated carbocycles. The van der Waals surface area contributed by atoms with Gasteiger partial charge in [-0.3, -0.25) is 4.98 Å². The molecule has 0 spiro atoms. The first-order chi connectivity index (χ1) is 8.02. The number of hydrogen-bond donors (Lipinski definition) is 1. The maximum absolute atomic E-state index is 12.8. The van der Waals surface area contributed by atoms with Gasteiger partial charge in [-0.05, 0) is 37.8 Å². The van der Waals surface area contributed by atoms with E-state index in [4.69, 9.17) is 0 Å². The highest BCUT2D eigenvalue weighted by Crippen LogP contribution is 2.16. The van der Waals surface area contributed by atoms with Crippen molar-refractivity contribution in [2.24, 2.45) is 5.92 Å². The number of pyridine rings is 1. The predicted molar refractivity (Wildman–Crippen MR) is 69.3 cm³/mol. The van der Waals surface area contributed by atoms with Crippen molar-refractivity contribution >= 4 is 0 Å². The molecule has 1 N–H and O–H groups in total. The van der Waals surface area contributed by atoms with Crippen LogP contribution in [0.15, 0.2) is 18.3 Å². The molecule has 17 heavy (non-hydrogen) atoms. The van der Waals surface area contributed by atoms with E-state index >= 15 is 0 Å². The highest BCUT2D eigenvalue weighted by molar-refractivity contribution is 5.09. The van der Waals surface area contributed by atoms with E-state index < -0.39 is 0 Å². The minimum atomic E-state index is -0.279. The molecule has 2 unspecified atom stereocenters. The van der Waals surface area contributed by atoms with E-state index in [1.165, 1.54) is 12.3 Å². The highest BCUT2D eigenvalue weighted by Gasteiger charge is 2.14. The lowest BCUT2D eigenvalue weighted by atomic mass is 10.0. The smallest absolute Gasteiger partial charge is 0.141 e. The second kappa shape index (κ2) is 6.70. The summed E-state index contributed by atoms with van der Waals surface area (Å²) in [6.45, 7) is 8.74. The second-order valence-electron chi connectivity index (χ2n) is 5.06. The molecule has 0 aromatic carbocycles. The molecule has 1 aromatic heterocycles. The van der Waals surface area contributed by atoms with Crippen LogP contribution in [0.5, 0.6) is 0 Å². The van der Waals surface area contributed by atoms with E-state index in [0.717, 1.165) is 18.5 Å². The van der Waals surface area contributed by atoms with Crippen LogP contribution < -0.4 is 5.32 Å². The van der Waals surface area contributed by atoms with Crippen LogP contribution in [0.3, 0.4) is 0 Å². The Morgan fingerprint density at radius 1 is 1.29 bits per heavy atom. The highest BCUT2D eigenvalue weighted by atomic mass is 19.1. The average Bonchev–Trinajstić information content (AvgIpc) is 2.26. The van der Waals surface area contributed by atoms with Crippen molar-refractivity contribution in [2.45, 2.75) is 52.6 Å². The van der Waals surface area contributed by atoms with Crippen molar-refractivity contribution in [3.63, 3.8) is 0 Å². The zero-order valence-electron chi connectivity index (χ0n) is 11.2. The van der Waals surface area contributed by atoms with Gasteiger partial charge in [0.25, 0.3) is 0 Å². The number of aromatic nitrogens is 1. The standard InChI is InChI=1S/C14H23FN2/c1-5-13(17-11(4)8-10(2)3)14-7-6-12(15)9-16-14/h6-7,9-11,13,17H,5,8H2,1-4H3. The summed E-state index contributed by atoms with van der Waals surface area (Å²) in [4.78, 5) is 4.14. The van der Waals surface area contributed by atoms with E-state index in [1.54, 1.807) is 6.07 Å². The minimum Gasteiger partial charge on any atom is -0.306 e. The fourth-order valence-corrected chi connectivity index (χ4v) is 2.12. The zero-order chi connectivity index (χ0) is 12.8. The molecular formula is C14H23FN2. The number of nitrogens with one attached hydrogen (secondary N) is 1.